The lowest BCUT2D eigenvalue weighted by Crippen LogP contribution is -2.40. The maximum atomic E-state index is 12.7. The van der Waals surface area contributed by atoms with Gasteiger partial charge in [0, 0.05) is 18.8 Å². The monoisotopic (exact) mass is 362 g/mol. The molecule has 2 aromatic carbocycles. The van der Waals surface area contributed by atoms with Gasteiger partial charge >= 0.3 is 0 Å². The van der Waals surface area contributed by atoms with Crippen LogP contribution < -0.4 is 10.2 Å². The van der Waals surface area contributed by atoms with Crippen molar-refractivity contribution in [2.24, 2.45) is 5.92 Å². The predicted octanol–water partition coefficient (Wildman–Crippen LogP) is 4.02. The molecule has 1 atom stereocenters. The summed E-state index contributed by atoms with van der Waals surface area (Å²) in [6, 6.07) is 17.2. The molecule has 5 nitrogen and oxygen atoms in total. The van der Waals surface area contributed by atoms with Gasteiger partial charge in [-0.15, -0.1) is 0 Å². The van der Waals surface area contributed by atoms with Crippen LogP contribution in [0.3, 0.4) is 0 Å². The lowest BCUT2D eigenvalue weighted by molar-refractivity contribution is -0.120. The van der Waals surface area contributed by atoms with E-state index in [1.165, 1.54) is 4.70 Å². The smallest absolute Gasteiger partial charge is 0.229 e. The molecule has 3 aromatic rings. The molecule has 1 amide bonds. The highest BCUT2D eigenvalue weighted by Crippen LogP contribution is 2.31. The van der Waals surface area contributed by atoms with Crippen molar-refractivity contribution in [3.63, 3.8) is 0 Å². The number of nitriles is 1. The molecule has 6 heteroatoms. The highest BCUT2D eigenvalue weighted by atomic mass is 32.1. The number of nitrogens with zero attached hydrogens (tertiary/aromatic N) is 3. The number of anilines is 2. The third-order valence-electron chi connectivity index (χ3n) is 4.60. The molecule has 4 rings (SSSR count). The fraction of sp³-hybridized carbons (Fsp3) is 0.250. The van der Waals surface area contributed by atoms with Crippen LogP contribution in [0.4, 0.5) is 10.8 Å². The molecule has 0 saturated carbocycles. The standard InChI is InChI=1S/C20H18N4OS/c21-12-14-5-3-7-16(11-14)22-19(25)15-6-4-10-24(13-15)20-23-17-8-1-2-9-18(17)26-20/h1-3,5,7-9,11,15H,4,6,10,13H2,(H,22,25). The predicted molar refractivity (Wildman–Crippen MR) is 104 cm³/mol. The van der Waals surface area contributed by atoms with Crippen molar-refractivity contribution in [2.75, 3.05) is 23.3 Å². The summed E-state index contributed by atoms with van der Waals surface area (Å²) in [7, 11) is 0. The maximum Gasteiger partial charge on any atom is 0.229 e. The summed E-state index contributed by atoms with van der Waals surface area (Å²) >= 11 is 1.67. The van der Waals surface area contributed by atoms with Crippen molar-refractivity contribution in [1.29, 1.82) is 5.26 Å². The zero-order valence-electron chi connectivity index (χ0n) is 14.2. The topological polar surface area (TPSA) is 69.0 Å². The van der Waals surface area contributed by atoms with Crippen LogP contribution in [0.2, 0.25) is 0 Å². The fourth-order valence-electron chi connectivity index (χ4n) is 3.27. The van der Waals surface area contributed by atoms with Gasteiger partial charge in [-0.1, -0.05) is 29.5 Å². The van der Waals surface area contributed by atoms with E-state index in [0.717, 1.165) is 30.0 Å². The fourth-order valence-corrected chi connectivity index (χ4v) is 4.27. The first-order valence-electron chi connectivity index (χ1n) is 8.64. The molecule has 1 aliphatic rings. The van der Waals surface area contributed by atoms with E-state index in [-0.39, 0.29) is 11.8 Å². The lowest BCUT2D eigenvalue weighted by atomic mass is 9.97. The second kappa shape index (κ2) is 7.14. The van der Waals surface area contributed by atoms with E-state index < -0.39 is 0 Å². The first-order valence-corrected chi connectivity index (χ1v) is 9.46. The number of carbonyl (C=O) groups is 1. The molecule has 2 heterocycles. The molecular weight excluding hydrogens is 344 g/mol. The number of hydrogen-bond acceptors (Lipinski definition) is 5. The molecule has 26 heavy (non-hydrogen) atoms. The van der Waals surface area contributed by atoms with Crippen molar-refractivity contribution >= 4 is 38.3 Å². The van der Waals surface area contributed by atoms with Crippen molar-refractivity contribution in [3.8, 4) is 6.07 Å². The van der Waals surface area contributed by atoms with E-state index in [1.54, 1.807) is 29.5 Å². The van der Waals surface area contributed by atoms with Gasteiger partial charge in [-0.2, -0.15) is 5.26 Å². The van der Waals surface area contributed by atoms with Gasteiger partial charge in [-0.3, -0.25) is 4.79 Å². The van der Waals surface area contributed by atoms with E-state index in [4.69, 9.17) is 10.2 Å². The summed E-state index contributed by atoms with van der Waals surface area (Å²) in [6.07, 6.45) is 1.83. The number of amides is 1. The average molecular weight is 362 g/mol. The summed E-state index contributed by atoms with van der Waals surface area (Å²) in [6.45, 7) is 1.59. The van der Waals surface area contributed by atoms with Crippen LogP contribution >= 0.6 is 11.3 Å². The summed E-state index contributed by atoms with van der Waals surface area (Å²) in [4.78, 5) is 19.6. The number of benzene rings is 2. The largest absolute Gasteiger partial charge is 0.347 e. The Bertz CT molecular complexity index is 958. The summed E-state index contributed by atoms with van der Waals surface area (Å²) < 4.78 is 1.17. The Morgan fingerprint density at radius 1 is 1.27 bits per heavy atom. The number of piperidine rings is 1. The average Bonchev–Trinajstić information content (AvgIpc) is 3.12. The molecule has 1 aliphatic heterocycles. The number of fused-ring (bicyclic) bond motifs is 1. The molecule has 0 bridgehead atoms. The van der Waals surface area contributed by atoms with Crippen LogP contribution in [0, 0.1) is 17.2 Å². The normalized spacial score (nSPS) is 17.0. The Hall–Kier alpha value is -2.91. The lowest BCUT2D eigenvalue weighted by Gasteiger charge is -2.31. The number of nitrogens with one attached hydrogen (secondary N) is 1. The third-order valence-corrected chi connectivity index (χ3v) is 5.70. The zero-order valence-corrected chi connectivity index (χ0v) is 15.0. The number of hydrogen-bond donors (Lipinski definition) is 1. The zero-order chi connectivity index (χ0) is 17.9. The Balaban J connectivity index is 1.47. The van der Waals surface area contributed by atoms with Crippen LogP contribution in [0.15, 0.2) is 48.5 Å². The number of carbonyl (C=O) groups excluding carboxylic acids is 1. The molecule has 1 fully saturated rings. The minimum atomic E-state index is -0.0819. The van der Waals surface area contributed by atoms with Gasteiger partial charge in [-0.05, 0) is 43.2 Å². The Kier molecular flexibility index (Phi) is 4.55. The molecule has 1 N–H and O–H groups in total. The van der Waals surface area contributed by atoms with Gasteiger partial charge in [0.2, 0.25) is 5.91 Å². The summed E-state index contributed by atoms with van der Waals surface area (Å²) in [5.41, 5.74) is 2.22. The number of thiazole rings is 1. The minimum Gasteiger partial charge on any atom is -0.347 e. The summed E-state index contributed by atoms with van der Waals surface area (Å²) in [5.74, 6) is -0.0765. The van der Waals surface area contributed by atoms with Crippen LogP contribution in [0.1, 0.15) is 18.4 Å². The van der Waals surface area contributed by atoms with E-state index in [9.17, 15) is 4.79 Å². The first kappa shape index (κ1) is 16.6. The van der Waals surface area contributed by atoms with Crippen LogP contribution in [-0.2, 0) is 4.79 Å². The van der Waals surface area contributed by atoms with Crippen molar-refractivity contribution in [2.45, 2.75) is 12.8 Å². The van der Waals surface area contributed by atoms with Gasteiger partial charge < -0.3 is 10.2 Å². The molecule has 0 aliphatic carbocycles. The number of rotatable bonds is 3. The number of aromatic nitrogens is 1. The summed E-state index contributed by atoms with van der Waals surface area (Å²) in [5, 5.41) is 12.9. The van der Waals surface area contributed by atoms with E-state index in [1.807, 2.05) is 24.3 Å². The van der Waals surface area contributed by atoms with E-state index >= 15 is 0 Å². The third kappa shape index (κ3) is 3.39. The highest BCUT2D eigenvalue weighted by molar-refractivity contribution is 7.22. The molecule has 1 unspecified atom stereocenters. The van der Waals surface area contributed by atoms with Crippen LogP contribution in [-0.4, -0.2) is 24.0 Å². The first-order chi connectivity index (χ1) is 12.7. The number of para-hydroxylation sites is 1. The molecule has 130 valence electrons. The molecular formula is C20H18N4OS. The molecule has 0 radical (unpaired) electrons. The van der Waals surface area contributed by atoms with E-state index in [2.05, 4.69) is 22.4 Å². The highest BCUT2D eigenvalue weighted by Gasteiger charge is 2.27. The van der Waals surface area contributed by atoms with Crippen LogP contribution in [0.25, 0.3) is 10.2 Å². The molecule has 1 saturated heterocycles. The Morgan fingerprint density at radius 2 is 2.15 bits per heavy atom. The Labute approximate surface area is 155 Å². The quantitative estimate of drug-likeness (QED) is 0.764. The van der Waals surface area contributed by atoms with Gasteiger partial charge in [0.25, 0.3) is 0 Å². The Morgan fingerprint density at radius 3 is 3.00 bits per heavy atom. The van der Waals surface area contributed by atoms with Crippen molar-refractivity contribution in [3.05, 3.63) is 54.1 Å². The molecule has 1 aromatic heterocycles. The SMILES string of the molecule is N#Cc1cccc(NC(=O)C2CCCN(c3nc4ccccc4s3)C2)c1. The van der Waals surface area contributed by atoms with Gasteiger partial charge in [-0.25, -0.2) is 4.98 Å². The van der Waals surface area contributed by atoms with Gasteiger partial charge in [0.1, 0.15) is 0 Å². The van der Waals surface area contributed by atoms with Crippen molar-refractivity contribution < 1.29 is 4.79 Å². The second-order valence-electron chi connectivity index (χ2n) is 6.43. The maximum absolute atomic E-state index is 12.7. The second-order valence-corrected chi connectivity index (χ2v) is 7.44. The van der Waals surface area contributed by atoms with E-state index in [0.29, 0.717) is 17.8 Å². The molecule has 0 spiro atoms. The van der Waals surface area contributed by atoms with Crippen LogP contribution in [0.5, 0.6) is 0 Å². The van der Waals surface area contributed by atoms with Gasteiger partial charge in [0.05, 0.1) is 27.8 Å². The van der Waals surface area contributed by atoms with Crippen molar-refractivity contribution in [1.82, 2.24) is 4.98 Å². The van der Waals surface area contributed by atoms with Gasteiger partial charge in [0.15, 0.2) is 5.13 Å². The minimum absolute atomic E-state index is 0.00546.